The van der Waals surface area contributed by atoms with Crippen LogP contribution in [0.25, 0.3) is 0 Å². The summed E-state index contributed by atoms with van der Waals surface area (Å²) >= 11 is 0. The molecule has 1 aliphatic heterocycles. The Balaban J connectivity index is 2.00. The number of benzene rings is 1. The van der Waals surface area contributed by atoms with Crippen LogP contribution in [0.4, 0.5) is 0 Å². The van der Waals surface area contributed by atoms with Crippen molar-refractivity contribution in [1.29, 1.82) is 0 Å². The van der Waals surface area contributed by atoms with Gasteiger partial charge in [0.05, 0.1) is 0 Å². The largest absolute Gasteiger partial charge is 0.344 e. The average molecular weight is 274 g/mol. The van der Waals surface area contributed by atoms with Crippen molar-refractivity contribution in [2.45, 2.75) is 39.2 Å². The lowest BCUT2D eigenvalue weighted by molar-refractivity contribution is -0.133. The lowest BCUT2D eigenvalue weighted by Crippen LogP contribution is -2.44. The molecule has 1 atom stereocenters. The highest BCUT2D eigenvalue weighted by molar-refractivity contribution is 5.89. The van der Waals surface area contributed by atoms with Crippen molar-refractivity contribution in [3.8, 4) is 0 Å². The Morgan fingerprint density at radius 1 is 1.35 bits per heavy atom. The third-order valence-corrected chi connectivity index (χ3v) is 3.71. The van der Waals surface area contributed by atoms with E-state index >= 15 is 0 Å². The lowest BCUT2D eigenvalue weighted by atomic mass is 10.1. The van der Waals surface area contributed by atoms with Gasteiger partial charge in [-0.05, 0) is 25.3 Å². The maximum Gasteiger partial charge on any atom is 0.245 e. The molecular formula is C16H22N2O2. The van der Waals surface area contributed by atoms with Gasteiger partial charge in [-0.15, -0.1) is 0 Å². The number of carbonyl (C=O) groups is 2. The molecule has 0 aromatic heterocycles. The summed E-state index contributed by atoms with van der Waals surface area (Å²) in [5.74, 6) is 0.0225. The molecule has 20 heavy (non-hydrogen) atoms. The fraction of sp³-hybridized carbons (Fsp3) is 0.500. The average Bonchev–Trinajstić information content (AvgIpc) is 2.57. The molecule has 2 amide bonds. The lowest BCUT2D eigenvalue weighted by Gasteiger charge is -2.23. The van der Waals surface area contributed by atoms with Crippen LogP contribution in [0.15, 0.2) is 24.3 Å². The minimum atomic E-state index is -0.359. The van der Waals surface area contributed by atoms with E-state index in [1.54, 1.807) is 0 Å². The zero-order valence-electron chi connectivity index (χ0n) is 12.2. The van der Waals surface area contributed by atoms with Gasteiger partial charge in [-0.2, -0.15) is 0 Å². The highest BCUT2D eigenvalue weighted by Gasteiger charge is 2.27. The maximum atomic E-state index is 12.3. The van der Waals surface area contributed by atoms with Crippen molar-refractivity contribution in [2.75, 3.05) is 13.1 Å². The van der Waals surface area contributed by atoms with Crippen molar-refractivity contribution < 1.29 is 9.59 Å². The molecule has 0 saturated carbocycles. The number of carbonyl (C=O) groups excluding carboxylic acids is 2. The van der Waals surface area contributed by atoms with Crippen molar-refractivity contribution in [1.82, 2.24) is 10.2 Å². The van der Waals surface area contributed by atoms with Crippen LogP contribution in [0, 0.1) is 6.92 Å². The predicted molar refractivity (Wildman–Crippen MR) is 78.3 cm³/mol. The van der Waals surface area contributed by atoms with Crippen molar-refractivity contribution in [3.63, 3.8) is 0 Å². The second-order valence-electron chi connectivity index (χ2n) is 5.34. The Hall–Kier alpha value is -1.84. The van der Waals surface area contributed by atoms with Crippen molar-refractivity contribution in [3.05, 3.63) is 35.4 Å². The van der Waals surface area contributed by atoms with Gasteiger partial charge in [0.2, 0.25) is 11.8 Å². The standard InChI is InChI=1S/C16H22N2O2/c1-3-14-16(20)18(10-8-15(19)17-14)9-7-13-6-4-5-12(2)11-13/h4-6,11,14H,3,7-10H2,1-2H3,(H,17,19). The molecule has 0 bridgehead atoms. The third-order valence-electron chi connectivity index (χ3n) is 3.71. The Morgan fingerprint density at radius 2 is 2.15 bits per heavy atom. The number of aryl methyl sites for hydroxylation is 1. The zero-order valence-corrected chi connectivity index (χ0v) is 12.2. The monoisotopic (exact) mass is 274 g/mol. The molecule has 0 radical (unpaired) electrons. The van der Waals surface area contributed by atoms with Gasteiger partial charge in [0.1, 0.15) is 6.04 Å². The second kappa shape index (κ2) is 6.55. The Labute approximate surface area is 120 Å². The summed E-state index contributed by atoms with van der Waals surface area (Å²) in [6, 6.07) is 7.96. The molecule has 2 rings (SSSR count). The topological polar surface area (TPSA) is 49.4 Å². The first-order chi connectivity index (χ1) is 9.60. The quantitative estimate of drug-likeness (QED) is 0.908. The third kappa shape index (κ3) is 3.59. The van der Waals surface area contributed by atoms with E-state index in [0.29, 0.717) is 25.9 Å². The molecule has 1 heterocycles. The zero-order chi connectivity index (χ0) is 14.5. The molecule has 4 heteroatoms. The number of nitrogens with one attached hydrogen (secondary N) is 1. The van der Waals surface area contributed by atoms with Gasteiger partial charge in [-0.3, -0.25) is 9.59 Å². The number of amides is 2. The van der Waals surface area contributed by atoms with Crippen LogP contribution in [0.2, 0.25) is 0 Å². The Kier molecular flexibility index (Phi) is 4.77. The van der Waals surface area contributed by atoms with Crippen molar-refractivity contribution in [2.24, 2.45) is 0 Å². The first-order valence-electron chi connectivity index (χ1n) is 7.24. The van der Waals surface area contributed by atoms with Gasteiger partial charge >= 0.3 is 0 Å². The molecule has 1 N–H and O–H groups in total. The van der Waals surface area contributed by atoms with Crippen LogP contribution >= 0.6 is 0 Å². The summed E-state index contributed by atoms with van der Waals surface area (Å²) in [6.45, 7) is 5.18. The minimum Gasteiger partial charge on any atom is -0.344 e. The van der Waals surface area contributed by atoms with Gasteiger partial charge in [-0.25, -0.2) is 0 Å². The van der Waals surface area contributed by atoms with Crippen LogP contribution in [-0.2, 0) is 16.0 Å². The van der Waals surface area contributed by atoms with Gasteiger partial charge < -0.3 is 10.2 Å². The van der Waals surface area contributed by atoms with Gasteiger partial charge in [0.25, 0.3) is 0 Å². The molecule has 4 nitrogen and oxygen atoms in total. The molecule has 0 aliphatic carbocycles. The smallest absolute Gasteiger partial charge is 0.245 e. The summed E-state index contributed by atoms with van der Waals surface area (Å²) in [5.41, 5.74) is 2.46. The van der Waals surface area contributed by atoms with E-state index in [-0.39, 0.29) is 17.9 Å². The molecule has 1 fully saturated rings. The van der Waals surface area contributed by atoms with E-state index < -0.39 is 0 Å². The molecule has 1 unspecified atom stereocenters. The van der Waals surface area contributed by atoms with E-state index in [1.165, 1.54) is 11.1 Å². The summed E-state index contributed by atoms with van der Waals surface area (Å²) in [5, 5.41) is 2.79. The number of nitrogens with zero attached hydrogens (tertiary/aromatic N) is 1. The Bertz CT molecular complexity index is 499. The van der Waals surface area contributed by atoms with E-state index in [9.17, 15) is 9.59 Å². The SMILES string of the molecule is CCC1NC(=O)CCN(CCc2cccc(C)c2)C1=O. The van der Waals surface area contributed by atoms with Crippen LogP contribution in [0.1, 0.15) is 30.9 Å². The van der Waals surface area contributed by atoms with Gasteiger partial charge in [-0.1, -0.05) is 36.8 Å². The normalized spacial score (nSPS) is 19.7. The second-order valence-corrected chi connectivity index (χ2v) is 5.34. The van der Waals surface area contributed by atoms with Crippen LogP contribution in [0.5, 0.6) is 0 Å². The molecular weight excluding hydrogens is 252 g/mol. The van der Waals surface area contributed by atoms with Crippen LogP contribution < -0.4 is 5.32 Å². The predicted octanol–water partition coefficient (Wildman–Crippen LogP) is 1.66. The number of hydrogen-bond donors (Lipinski definition) is 1. The van der Waals surface area contributed by atoms with E-state index in [2.05, 4.69) is 30.4 Å². The number of rotatable bonds is 4. The summed E-state index contributed by atoms with van der Waals surface area (Å²) in [7, 11) is 0. The summed E-state index contributed by atoms with van der Waals surface area (Å²) in [6.07, 6.45) is 1.87. The maximum absolute atomic E-state index is 12.3. The van der Waals surface area contributed by atoms with Crippen molar-refractivity contribution >= 4 is 11.8 Å². The molecule has 0 spiro atoms. The first kappa shape index (κ1) is 14.6. The fourth-order valence-corrected chi connectivity index (χ4v) is 2.53. The van der Waals surface area contributed by atoms with Gasteiger partial charge in [0, 0.05) is 19.5 Å². The first-order valence-corrected chi connectivity index (χ1v) is 7.24. The number of hydrogen-bond acceptors (Lipinski definition) is 2. The van der Waals surface area contributed by atoms with Crippen LogP contribution in [-0.4, -0.2) is 35.8 Å². The molecule has 1 aliphatic rings. The highest BCUT2D eigenvalue weighted by atomic mass is 16.2. The van der Waals surface area contributed by atoms with Crippen LogP contribution in [0.3, 0.4) is 0 Å². The molecule has 108 valence electrons. The molecule has 1 aromatic carbocycles. The van der Waals surface area contributed by atoms with Gasteiger partial charge in [0.15, 0.2) is 0 Å². The van der Waals surface area contributed by atoms with E-state index in [4.69, 9.17) is 0 Å². The highest BCUT2D eigenvalue weighted by Crippen LogP contribution is 2.10. The summed E-state index contributed by atoms with van der Waals surface area (Å²) < 4.78 is 0. The molecule has 1 saturated heterocycles. The fourth-order valence-electron chi connectivity index (χ4n) is 2.53. The molecule has 1 aromatic rings. The van der Waals surface area contributed by atoms with E-state index in [0.717, 1.165) is 6.42 Å². The summed E-state index contributed by atoms with van der Waals surface area (Å²) in [4.78, 5) is 25.7. The minimum absolute atomic E-state index is 0.0248. The van der Waals surface area contributed by atoms with E-state index in [1.807, 2.05) is 17.9 Å². The Morgan fingerprint density at radius 3 is 2.85 bits per heavy atom.